The Balaban J connectivity index is 1.27. The summed E-state index contributed by atoms with van der Waals surface area (Å²) in [5.41, 5.74) is 11.9. The normalized spacial score (nSPS) is 20.2. The first-order valence-electron chi connectivity index (χ1n) is 16.2. The van der Waals surface area contributed by atoms with Gasteiger partial charge in [0.25, 0.3) is 0 Å². The summed E-state index contributed by atoms with van der Waals surface area (Å²) in [6, 6.07) is 12.2. The van der Waals surface area contributed by atoms with E-state index in [-0.39, 0.29) is 12.6 Å². The quantitative estimate of drug-likeness (QED) is 0.310. The van der Waals surface area contributed by atoms with Crippen LogP contribution in [-0.4, -0.2) is 89.5 Å². The average Bonchev–Trinajstić information content (AvgIpc) is 3.71. The van der Waals surface area contributed by atoms with Crippen molar-refractivity contribution in [2.45, 2.75) is 64.4 Å². The Morgan fingerprint density at radius 3 is 2.67 bits per heavy atom. The molecule has 0 bridgehead atoms. The van der Waals surface area contributed by atoms with Crippen LogP contribution < -0.4 is 11.1 Å². The van der Waals surface area contributed by atoms with Crippen LogP contribution in [-0.2, 0) is 45.1 Å². The molecule has 46 heavy (non-hydrogen) atoms. The van der Waals surface area contributed by atoms with Crippen LogP contribution in [0.5, 0.6) is 0 Å². The minimum atomic E-state index is -0.949. The zero-order valence-electron chi connectivity index (χ0n) is 26.3. The standard InChI is InChI=1S/C34H42Cl2N6O4/c1-22-21-45-15-13-40(22)10-3-11-42-31-9-12-41(34(44)33(37)43)20-28(31)32(39-42)24-6-8-30(36)27(17-24)23-5-7-29(35)25(16-23)18-38-19-26-4-2-14-46-26/h5-8,16-17,22,26,38H,2-4,9-15,18-21H2,1H3,(H2,37,43)/t22-,26-/m0/s1. The summed E-state index contributed by atoms with van der Waals surface area (Å²) in [6.07, 6.45) is 3.95. The summed E-state index contributed by atoms with van der Waals surface area (Å²) in [7, 11) is 0. The molecule has 10 nitrogen and oxygen atoms in total. The van der Waals surface area contributed by atoms with Crippen LogP contribution in [0.1, 0.15) is 43.0 Å². The minimum absolute atomic E-state index is 0.246. The Morgan fingerprint density at radius 1 is 1.07 bits per heavy atom. The van der Waals surface area contributed by atoms with Crippen molar-refractivity contribution in [2.24, 2.45) is 5.73 Å². The molecule has 0 aliphatic carbocycles. The molecule has 0 unspecified atom stereocenters. The molecule has 4 heterocycles. The summed E-state index contributed by atoms with van der Waals surface area (Å²) in [6.45, 7) is 9.25. The number of morpholine rings is 1. The van der Waals surface area contributed by atoms with Crippen molar-refractivity contribution in [1.82, 2.24) is 24.9 Å². The van der Waals surface area contributed by atoms with Gasteiger partial charge in [-0.25, -0.2) is 0 Å². The molecule has 3 N–H and O–H groups in total. The summed E-state index contributed by atoms with van der Waals surface area (Å²) in [4.78, 5) is 28.3. The van der Waals surface area contributed by atoms with E-state index >= 15 is 0 Å². The Kier molecular flexibility index (Phi) is 10.6. The second-order valence-corrected chi connectivity index (χ2v) is 13.2. The number of nitrogens with one attached hydrogen (secondary N) is 1. The summed E-state index contributed by atoms with van der Waals surface area (Å²) >= 11 is 13.4. The van der Waals surface area contributed by atoms with E-state index in [0.29, 0.717) is 35.6 Å². The molecule has 246 valence electrons. The van der Waals surface area contributed by atoms with E-state index in [1.165, 1.54) is 4.90 Å². The zero-order valence-corrected chi connectivity index (χ0v) is 27.8. The number of halogens is 2. The van der Waals surface area contributed by atoms with Crippen molar-refractivity contribution in [2.75, 3.05) is 46.0 Å². The first-order valence-corrected chi connectivity index (χ1v) is 16.9. The van der Waals surface area contributed by atoms with Crippen LogP contribution >= 0.6 is 23.2 Å². The fourth-order valence-electron chi connectivity index (χ4n) is 6.70. The predicted octanol–water partition coefficient (Wildman–Crippen LogP) is 4.27. The second kappa shape index (κ2) is 14.8. The Morgan fingerprint density at radius 2 is 1.89 bits per heavy atom. The molecule has 2 amide bonds. The second-order valence-electron chi connectivity index (χ2n) is 12.4. The highest BCUT2D eigenvalue weighted by Crippen LogP contribution is 2.37. The SMILES string of the molecule is C[C@H]1COCCN1CCCn1nc(-c2ccc(Cl)c(-c3ccc(Cl)c(CNC[C@@H]4CCCO4)c3)c2)c2c1CCN(C(=O)C(N)=O)C2. The van der Waals surface area contributed by atoms with Gasteiger partial charge < -0.3 is 25.4 Å². The number of aryl methyl sites for hydroxylation is 1. The lowest BCUT2D eigenvalue weighted by Crippen LogP contribution is -2.44. The lowest BCUT2D eigenvalue weighted by molar-refractivity contribution is -0.144. The third-order valence-corrected chi connectivity index (χ3v) is 9.96. The lowest BCUT2D eigenvalue weighted by Gasteiger charge is -2.33. The monoisotopic (exact) mass is 668 g/mol. The number of rotatable bonds is 10. The maximum atomic E-state index is 12.6. The van der Waals surface area contributed by atoms with E-state index in [9.17, 15) is 9.59 Å². The maximum Gasteiger partial charge on any atom is 0.311 e. The first-order chi connectivity index (χ1) is 22.3. The summed E-state index contributed by atoms with van der Waals surface area (Å²) < 4.78 is 13.4. The highest BCUT2D eigenvalue weighted by atomic mass is 35.5. The van der Waals surface area contributed by atoms with Gasteiger partial charge in [0.1, 0.15) is 0 Å². The molecule has 2 saturated heterocycles. The van der Waals surface area contributed by atoms with Crippen LogP contribution in [0.4, 0.5) is 0 Å². The van der Waals surface area contributed by atoms with Gasteiger partial charge in [-0.05, 0) is 61.6 Å². The molecule has 0 spiro atoms. The van der Waals surface area contributed by atoms with Gasteiger partial charge in [0, 0.05) is 90.8 Å². The predicted molar refractivity (Wildman–Crippen MR) is 179 cm³/mol. The summed E-state index contributed by atoms with van der Waals surface area (Å²) in [5, 5.41) is 9.90. The number of carbonyl (C=O) groups is 2. The molecule has 0 saturated carbocycles. The van der Waals surface area contributed by atoms with Crippen molar-refractivity contribution in [3.05, 3.63) is 63.3 Å². The zero-order chi connectivity index (χ0) is 32.2. The lowest BCUT2D eigenvalue weighted by atomic mass is 9.96. The molecule has 3 aliphatic heterocycles. The van der Waals surface area contributed by atoms with Gasteiger partial charge in [-0.3, -0.25) is 19.2 Å². The smallest absolute Gasteiger partial charge is 0.311 e. The van der Waals surface area contributed by atoms with Crippen LogP contribution in [0.2, 0.25) is 10.0 Å². The Bertz CT molecular complexity index is 1570. The number of primary amides is 1. The molecule has 3 aromatic rings. The number of ether oxygens (including phenoxy) is 2. The third-order valence-electron chi connectivity index (χ3n) is 9.26. The third kappa shape index (κ3) is 7.43. The fraction of sp³-hybridized carbons (Fsp3) is 0.500. The molecule has 2 aromatic carbocycles. The van der Waals surface area contributed by atoms with Crippen LogP contribution in [0.25, 0.3) is 22.4 Å². The number of benzene rings is 2. The molecule has 1 aromatic heterocycles. The van der Waals surface area contributed by atoms with E-state index in [2.05, 4.69) is 27.9 Å². The molecule has 2 fully saturated rings. The van der Waals surface area contributed by atoms with Gasteiger partial charge >= 0.3 is 11.8 Å². The largest absolute Gasteiger partial charge is 0.379 e. The van der Waals surface area contributed by atoms with Crippen LogP contribution in [0, 0.1) is 0 Å². The van der Waals surface area contributed by atoms with Crippen molar-refractivity contribution in [3.8, 4) is 22.4 Å². The van der Waals surface area contributed by atoms with E-state index in [1.807, 2.05) is 30.3 Å². The highest BCUT2D eigenvalue weighted by molar-refractivity contribution is 6.34. The fourth-order valence-corrected chi connectivity index (χ4v) is 7.11. The molecule has 0 radical (unpaired) electrons. The maximum absolute atomic E-state index is 12.6. The van der Waals surface area contributed by atoms with Crippen molar-refractivity contribution in [1.29, 1.82) is 0 Å². The first kappa shape index (κ1) is 32.9. The Labute approximate surface area is 280 Å². The minimum Gasteiger partial charge on any atom is -0.379 e. The number of aromatic nitrogens is 2. The highest BCUT2D eigenvalue weighted by Gasteiger charge is 2.30. The van der Waals surface area contributed by atoms with Gasteiger partial charge in [0.2, 0.25) is 0 Å². The van der Waals surface area contributed by atoms with Crippen molar-refractivity contribution < 1.29 is 19.1 Å². The van der Waals surface area contributed by atoms with Gasteiger partial charge in [-0.15, -0.1) is 0 Å². The van der Waals surface area contributed by atoms with Crippen molar-refractivity contribution in [3.63, 3.8) is 0 Å². The van der Waals surface area contributed by atoms with Gasteiger partial charge in [0.05, 0.1) is 31.6 Å². The number of nitrogens with two attached hydrogens (primary N) is 1. The number of hydrogen-bond donors (Lipinski definition) is 2. The topological polar surface area (TPSA) is 115 Å². The van der Waals surface area contributed by atoms with Crippen LogP contribution in [0.15, 0.2) is 36.4 Å². The van der Waals surface area contributed by atoms with E-state index in [1.54, 1.807) is 0 Å². The Hall–Kier alpha value is -2.99. The van der Waals surface area contributed by atoms with Crippen molar-refractivity contribution >= 4 is 35.0 Å². The number of nitrogens with zero attached hydrogens (tertiary/aromatic N) is 4. The van der Waals surface area contributed by atoms with E-state index in [0.717, 1.165) is 104 Å². The van der Waals surface area contributed by atoms with E-state index < -0.39 is 11.8 Å². The van der Waals surface area contributed by atoms with E-state index in [4.69, 9.17) is 43.5 Å². The molecule has 6 rings (SSSR count). The number of fused-ring (bicyclic) bond motifs is 1. The number of hydrogen-bond acceptors (Lipinski definition) is 7. The number of amides is 2. The molecule has 12 heteroatoms. The van der Waals surface area contributed by atoms with Gasteiger partial charge in [-0.2, -0.15) is 5.10 Å². The molecule has 2 atom stereocenters. The molecule has 3 aliphatic rings. The van der Waals surface area contributed by atoms with Gasteiger partial charge in [-0.1, -0.05) is 35.3 Å². The van der Waals surface area contributed by atoms with Crippen LogP contribution in [0.3, 0.4) is 0 Å². The molecular formula is C34H42Cl2N6O4. The molecular weight excluding hydrogens is 627 g/mol. The van der Waals surface area contributed by atoms with Gasteiger partial charge in [0.15, 0.2) is 0 Å². The summed E-state index contributed by atoms with van der Waals surface area (Å²) in [5.74, 6) is -1.63. The average molecular weight is 670 g/mol. The number of carbonyl (C=O) groups excluding carboxylic acids is 2.